The fraction of sp³-hybridized carbons (Fsp3) is 0.286. The highest BCUT2D eigenvalue weighted by atomic mass is 79.9. The highest BCUT2D eigenvalue weighted by molar-refractivity contribution is 9.10. The van der Waals surface area contributed by atoms with Crippen LogP contribution in [-0.2, 0) is 0 Å². The van der Waals surface area contributed by atoms with Gasteiger partial charge in [0.1, 0.15) is 5.82 Å². The SMILES string of the molecule is CCCNC(c1ccc(Cl)c(F)c1)c1sccc1Br. The minimum Gasteiger partial charge on any atom is -0.306 e. The number of nitrogens with one attached hydrogen (secondary N) is 1. The third kappa shape index (κ3) is 3.57. The van der Waals surface area contributed by atoms with E-state index < -0.39 is 0 Å². The highest BCUT2D eigenvalue weighted by Crippen LogP contribution is 2.34. The van der Waals surface area contributed by atoms with Crippen LogP contribution in [-0.4, -0.2) is 6.54 Å². The Morgan fingerprint density at radius 1 is 1.42 bits per heavy atom. The lowest BCUT2D eigenvalue weighted by molar-refractivity contribution is 0.590. The Morgan fingerprint density at radius 2 is 2.21 bits per heavy atom. The first-order valence-corrected chi connectivity index (χ1v) is 8.09. The molecule has 1 atom stereocenters. The zero-order valence-corrected chi connectivity index (χ0v) is 13.6. The summed E-state index contributed by atoms with van der Waals surface area (Å²) in [4.78, 5) is 1.15. The second-order valence-corrected chi connectivity index (χ2v) is 6.40. The first kappa shape index (κ1) is 15.0. The van der Waals surface area contributed by atoms with Gasteiger partial charge < -0.3 is 5.32 Å². The van der Waals surface area contributed by atoms with Crippen LogP contribution >= 0.6 is 38.9 Å². The summed E-state index contributed by atoms with van der Waals surface area (Å²) in [7, 11) is 0. The van der Waals surface area contributed by atoms with Gasteiger partial charge in [-0.25, -0.2) is 4.39 Å². The lowest BCUT2D eigenvalue weighted by Crippen LogP contribution is -2.22. The Balaban J connectivity index is 2.37. The van der Waals surface area contributed by atoms with E-state index in [-0.39, 0.29) is 16.9 Å². The normalized spacial score (nSPS) is 12.6. The minimum atomic E-state index is -0.379. The van der Waals surface area contributed by atoms with Crippen molar-refractivity contribution < 1.29 is 4.39 Å². The quantitative estimate of drug-likeness (QED) is 0.751. The Hall–Kier alpha value is -0.420. The molecule has 0 aliphatic carbocycles. The van der Waals surface area contributed by atoms with Crippen LogP contribution in [0.2, 0.25) is 5.02 Å². The van der Waals surface area contributed by atoms with Gasteiger partial charge in [-0.2, -0.15) is 0 Å². The summed E-state index contributed by atoms with van der Waals surface area (Å²) >= 11 is 10.9. The molecule has 0 amide bonds. The van der Waals surface area contributed by atoms with Crippen molar-refractivity contribution in [2.75, 3.05) is 6.54 Å². The van der Waals surface area contributed by atoms with E-state index in [1.807, 2.05) is 17.5 Å². The number of rotatable bonds is 5. The van der Waals surface area contributed by atoms with E-state index in [1.165, 1.54) is 6.07 Å². The van der Waals surface area contributed by atoms with Crippen molar-refractivity contribution in [1.29, 1.82) is 0 Å². The van der Waals surface area contributed by atoms with Crippen molar-refractivity contribution >= 4 is 38.9 Å². The van der Waals surface area contributed by atoms with Gasteiger partial charge in [0.25, 0.3) is 0 Å². The van der Waals surface area contributed by atoms with E-state index in [9.17, 15) is 4.39 Å². The summed E-state index contributed by atoms with van der Waals surface area (Å²) in [5.74, 6) is -0.379. The lowest BCUT2D eigenvalue weighted by atomic mass is 10.0. The molecule has 2 rings (SSSR count). The zero-order valence-electron chi connectivity index (χ0n) is 10.4. The monoisotopic (exact) mass is 361 g/mol. The minimum absolute atomic E-state index is 0.0129. The average molecular weight is 363 g/mol. The predicted octanol–water partition coefficient (Wildman–Crippen LogP) is 5.39. The molecule has 1 N–H and O–H groups in total. The fourth-order valence-electron chi connectivity index (χ4n) is 1.85. The van der Waals surface area contributed by atoms with E-state index in [1.54, 1.807) is 17.4 Å². The van der Waals surface area contributed by atoms with Gasteiger partial charge in [0, 0.05) is 9.35 Å². The van der Waals surface area contributed by atoms with Gasteiger partial charge in [0.05, 0.1) is 11.1 Å². The molecular weight excluding hydrogens is 349 g/mol. The van der Waals surface area contributed by atoms with Gasteiger partial charge in [0.2, 0.25) is 0 Å². The molecule has 0 fully saturated rings. The van der Waals surface area contributed by atoms with Crippen LogP contribution in [0.15, 0.2) is 34.1 Å². The summed E-state index contributed by atoms with van der Waals surface area (Å²) in [6, 6.07) is 6.97. The Morgan fingerprint density at radius 3 is 2.79 bits per heavy atom. The fourth-order valence-corrected chi connectivity index (χ4v) is 3.67. The van der Waals surface area contributed by atoms with Gasteiger partial charge in [-0.1, -0.05) is 24.6 Å². The second kappa shape index (κ2) is 6.84. The average Bonchev–Trinajstić information content (AvgIpc) is 2.80. The maximum Gasteiger partial charge on any atom is 0.142 e. The molecule has 5 heteroatoms. The summed E-state index contributed by atoms with van der Waals surface area (Å²) in [6.45, 7) is 2.98. The van der Waals surface area contributed by atoms with Gasteiger partial charge >= 0.3 is 0 Å². The van der Waals surface area contributed by atoms with E-state index in [0.717, 1.165) is 27.9 Å². The molecule has 0 spiro atoms. The van der Waals surface area contributed by atoms with Crippen LogP contribution < -0.4 is 5.32 Å². The smallest absolute Gasteiger partial charge is 0.142 e. The van der Waals surface area contributed by atoms with Crippen molar-refractivity contribution in [2.45, 2.75) is 19.4 Å². The molecular formula is C14H14BrClFNS. The standard InChI is InChI=1S/C14H14BrClFNS/c1-2-6-18-13(14-10(15)5-7-19-14)9-3-4-11(16)12(17)8-9/h3-5,7-8,13,18H,2,6H2,1H3. The molecule has 0 bridgehead atoms. The molecule has 0 radical (unpaired) electrons. The van der Waals surface area contributed by atoms with Gasteiger partial charge in [-0.3, -0.25) is 0 Å². The maximum absolute atomic E-state index is 13.6. The van der Waals surface area contributed by atoms with Crippen molar-refractivity contribution in [3.05, 3.63) is 55.4 Å². The molecule has 0 aliphatic rings. The number of thiophene rings is 1. The van der Waals surface area contributed by atoms with Crippen LogP contribution in [0.1, 0.15) is 29.8 Å². The Labute approximate surface area is 129 Å². The first-order chi connectivity index (χ1) is 9.13. The van der Waals surface area contributed by atoms with E-state index in [2.05, 4.69) is 28.2 Å². The van der Waals surface area contributed by atoms with E-state index in [0.29, 0.717) is 0 Å². The van der Waals surface area contributed by atoms with Crippen molar-refractivity contribution in [3.63, 3.8) is 0 Å². The topological polar surface area (TPSA) is 12.0 Å². The molecule has 0 saturated carbocycles. The van der Waals surface area contributed by atoms with Crippen LogP contribution in [0.4, 0.5) is 4.39 Å². The van der Waals surface area contributed by atoms with Gasteiger partial charge in [-0.15, -0.1) is 11.3 Å². The third-order valence-corrected chi connectivity index (χ3v) is 5.02. The molecule has 1 unspecified atom stereocenters. The lowest BCUT2D eigenvalue weighted by Gasteiger charge is -2.18. The van der Waals surface area contributed by atoms with Crippen LogP contribution in [0.25, 0.3) is 0 Å². The summed E-state index contributed by atoms with van der Waals surface area (Å²) < 4.78 is 14.7. The summed E-state index contributed by atoms with van der Waals surface area (Å²) in [5.41, 5.74) is 0.888. The van der Waals surface area contributed by atoms with Crippen molar-refractivity contribution in [1.82, 2.24) is 5.32 Å². The largest absolute Gasteiger partial charge is 0.306 e. The van der Waals surface area contributed by atoms with Gasteiger partial charge in [-0.05, 0) is 58.0 Å². The number of hydrogen-bond donors (Lipinski definition) is 1. The molecule has 1 aromatic heterocycles. The Kier molecular flexibility index (Phi) is 5.39. The Bertz CT molecular complexity index is 558. The highest BCUT2D eigenvalue weighted by Gasteiger charge is 2.18. The second-order valence-electron chi connectivity index (χ2n) is 4.19. The van der Waals surface area contributed by atoms with Crippen molar-refractivity contribution in [2.24, 2.45) is 0 Å². The molecule has 0 aliphatic heterocycles. The van der Waals surface area contributed by atoms with Gasteiger partial charge in [0.15, 0.2) is 0 Å². The zero-order chi connectivity index (χ0) is 13.8. The van der Waals surface area contributed by atoms with Crippen molar-refractivity contribution in [3.8, 4) is 0 Å². The van der Waals surface area contributed by atoms with E-state index in [4.69, 9.17) is 11.6 Å². The summed E-state index contributed by atoms with van der Waals surface area (Å²) in [6.07, 6.45) is 1.02. The molecule has 0 saturated heterocycles. The molecule has 1 aromatic carbocycles. The first-order valence-electron chi connectivity index (χ1n) is 6.04. The molecule has 1 nitrogen and oxygen atoms in total. The van der Waals surface area contributed by atoms with Crippen LogP contribution in [0, 0.1) is 5.82 Å². The van der Waals surface area contributed by atoms with Crippen LogP contribution in [0.3, 0.4) is 0 Å². The number of benzene rings is 1. The molecule has 1 heterocycles. The summed E-state index contributed by atoms with van der Waals surface area (Å²) in [5, 5.41) is 5.62. The number of halogens is 3. The third-order valence-electron chi connectivity index (χ3n) is 2.78. The number of hydrogen-bond acceptors (Lipinski definition) is 2. The van der Waals surface area contributed by atoms with Crippen LogP contribution in [0.5, 0.6) is 0 Å². The van der Waals surface area contributed by atoms with E-state index >= 15 is 0 Å². The maximum atomic E-state index is 13.6. The predicted molar refractivity (Wildman–Crippen MR) is 83.6 cm³/mol. The molecule has 2 aromatic rings. The molecule has 102 valence electrons. The molecule has 19 heavy (non-hydrogen) atoms.